The molecule has 0 spiro atoms. The van der Waals surface area contributed by atoms with E-state index >= 15 is 0 Å². The SMILES string of the molecule is C[C@@H]1[C@@H](C)CCC[C@H]1NC(=O)c1ccc(S(=O)(=O)Nc2ccc(Cl)cc2)cc1. The van der Waals surface area contributed by atoms with Crippen molar-refractivity contribution in [1.29, 1.82) is 0 Å². The van der Waals surface area contributed by atoms with E-state index in [4.69, 9.17) is 11.6 Å². The Kier molecular flexibility index (Phi) is 6.30. The van der Waals surface area contributed by atoms with Crippen molar-refractivity contribution in [2.75, 3.05) is 4.72 Å². The molecule has 0 saturated heterocycles. The predicted octanol–water partition coefficient (Wildman–Crippen LogP) is 4.70. The van der Waals surface area contributed by atoms with Gasteiger partial charge in [-0.1, -0.05) is 38.3 Å². The van der Waals surface area contributed by atoms with E-state index in [1.165, 1.54) is 18.6 Å². The van der Waals surface area contributed by atoms with Crippen molar-refractivity contribution < 1.29 is 13.2 Å². The molecule has 0 aliphatic heterocycles. The van der Waals surface area contributed by atoms with Crippen LogP contribution in [0.15, 0.2) is 53.4 Å². The van der Waals surface area contributed by atoms with Crippen molar-refractivity contribution in [2.45, 2.75) is 44.0 Å². The van der Waals surface area contributed by atoms with E-state index in [1.54, 1.807) is 36.4 Å². The summed E-state index contributed by atoms with van der Waals surface area (Å²) in [6, 6.07) is 12.5. The zero-order valence-electron chi connectivity index (χ0n) is 16.0. The van der Waals surface area contributed by atoms with Crippen molar-refractivity contribution >= 4 is 33.2 Å². The van der Waals surface area contributed by atoms with Gasteiger partial charge >= 0.3 is 0 Å². The summed E-state index contributed by atoms with van der Waals surface area (Å²) in [5.41, 5.74) is 0.877. The number of sulfonamides is 1. The molecule has 2 aromatic rings. The van der Waals surface area contributed by atoms with E-state index < -0.39 is 10.0 Å². The van der Waals surface area contributed by atoms with E-state index in [0.29, 0.717) is 28.1 Å². The van der Waals surface area contributed by atoms with E-state index in [0.717, 1.165) is 12.8 Å². The third kappa shape index (κ3) is 4.86. The molecule has 2 N–H and O–H groups in total. The van der Waals surface area contributed by atoms with Crippen LogP contribution in [0.2, 0.25) is 5.02 Å². The van der Waals surface area contributed by atoms with Gasteiger partial charge in [-0.2, -0.15) is 0 Å². The number of benzene rings is 2. The highest BCUT2D eigenvalue weighted by molar-refractivity contribution is 7.92. The maximum atomic E-state index is 12.6. The molecule has 0 aromatic heterocycles. The lowest BCUT2D eigenvalue weighted by Crippen LogP contribution is -2.43. The monoisotopic (exact) mass is 420 g/mol. The summed E-state index contributed by atoms with van der Waals surface area (Å²) >= 11 is 5.82. The minimum absolute atomic E-state index is 0.0960. The predicted molar refractivity (Wildman–Crippen MR) is 112 cm³/mol. The van der Waals surface area contributed by atoms with E-state index in [9.17, 15) is 13.2 Å². The van der Waals surface area contributed by atoms with Crippen molar-refractivity contribution in [3.05, 3.63) is 59.1 Å². The molecule has 7 heteroatoms. The zero-order chi connectivity index (χ0) is 20.3. The van der Waals surface area contributed by atoms with Crippen molar-refractivity contribution in [3.63, 3.8) is 0 Å². The van der Waals surface area contributed by atoms with Gasteiger partial charge in [0, 0.05) is 22.3 Å². The van der Waals surface area contributed by atoms with Crippen LogP contribution in [0.3, 0.4) is 0 Å². The first kappa shape index (κ1) is 20.7. The van der Waals surface area contributed by atoms with Crippen LogP contribution in [0, 0.1) is 11.8 Å². The lowest BCUT2D eigenvalue weighted by atomic mass is 9.78. The van der Waals surface area contributed by atoms with Crippen LogP contribution in [0.4, 0.5) is 5.69 Å². The number of carbonyl (C=O) groups is 1. The summed E-state index contributed by atoms with van der Waals surface area (Å²) in [5, 5.41) is 3.63. The molecule has 1 aliphatic carbocycles. The Hall–Kier alpha value is -2.05. The highest BCUT2D eigenvalue weighted by atomic mass is 35.5. The molecule has 2 aromatic carbocycles. The molecule has 5 nitrogen and oxygen atoms in total. The maximum absolute atomic E-state index is 12.6. The molecule has 1 saturated carbocycles. The Balaban J connectivity index is 1.68. The molecule has 1 amide bonds. The average molecular weight is 421 g/mol. The van der Waals surface area contributed by atoms with Gasteiger partial charge in [0.05, 0.1) is 4.90 Å². The van der Waals surface area contributed by atoms with Crippen LogP contribution in [0.5, 0.6) is 0 Å². The number of amides is 1. The Morgan fingerprint density at radius 2 is 1.64 bits per heavy atom. The Labute approximate surface area is 171 Å². The fraction of sp³-hybridized carbons (Fsp3) is 0.381. The topological polar surface area (TPSA) is 75.3 Å². The van der Waals surface area contributed by atoms with Crippen LogP contribution < -0.4 is 10.0 Å². The molecule has 150 valence electrons. The van der Waals surface area contributed by atoms with Crippen molar-refractivity contribution in [1.82, 2.24) is 5.32 Å². The zero-order valence-corrected chi connectivity index (χ0v) is 17.6. The highest BCUT2D eigenvalue weighted by Crippen LogP contribution is 2.29. The Morgan fingerprint density at radius 1 is 1.00 bits per heavy atom. The fourth-order valence-electron chi connectivity index (χ4n) is 3.55. The molecule has 3 rings (SSSR count). The number of halogens is 1. The van der Waals surface area contributed by atoms with E-state index in [2.05, 4.69) is 23.9 Å². The third-order valence-electron chi connectivity index (χ3n) is 5.55. The number of rotatable bonds is 5. The molecule has 0 radical (unpaired) electrons. The lowest BCUT2D eigenvalue weighted by Gasteiger charge is -2.34. The molecule has 0 bridgehead atoms. The number of carbonyl (C=O) groups excluding carboxylic acids is 1. The molecule has 0 unspecified atom stereocenters. The Morgan fingerprint density at radius 3 is 2.29 bits per heavy atom. The van der Waals surface area contributed by atoms with Gasteiger partial charge in [0.1, 0.15) is 0 Å². The second kappa shape index (κ2) is 8.53. The fourth-order valence-corrected chi connectivity index (χ4v) is 4.74. The van der Waals surface area contributed by atoms with Crippen LogP contribution in [0.25, 0.3) is 0 Å². The summed E-state index contributed by atoms with van der Waals surface area (Å²) in [4.78, 5) is 12.7. The molecule has 1 fully saturated rings. The molecule has 28 heavy (non-hydrogen) atoms. The Bertz CT molecular complexity index is 927. The van der Waals surface area contributed by atoms with Gasteiger partial charge in [0.15, 0.2) is 0 Å². The van der Waals surface area contributed by atoms with Crippen LogP contribution in [-0.4, -0.2) is 20.4 Å². The number of anilines is 1. The van der Waals surface area contributed by atoms with Crippen LogP contribution in [-0.2, 0) is 10.0 Å². The first-order valence-corrected chi connectivity index (χ1v) is 11.3. The second-order valence-electron chi connectivity index (χ2n) is 7.48. The standard InChI is InChI=1S/C21H25ClN2O3S/c1-14-4-3-5-20(15(14)2)23-21(25)16-6-12-19(13-7-16)28(26,27)24-18-10-8-17(22)9-11-18/h6-15,20,24H,3-5H2,1-2H3,(H,23,25)/t14-,15+,20+/m0/s1. The number of nitrogens with one attached hydrogen (secondary N) is 2. The minimum Gasteiger partial charge on any atom is -0.349 e. The number of hydrogen-bond acceptors (Lipinski definition) is 3. The van der Waals surface area contributed by atoms with Gasteiger partial charge < -0.3 is 5.32 Å². The van der Waals surface area contributed by atoms with Gasteiger partial charge in [-0.05, 0) is 66.8 Å². The maximum Gasteiger partial charge on any atom is 0.261 e. The van der Waals surface area contributed by atoms with Gasteiger partial charge in [0.25, 0.3) is 15.9 Å². The van der Waals surface area contributed by atoms with Gasteiger partial charge in [-0.3, -0.25) is 9.52 Å². The summed E-state index contributed by atoms with van der Waals surface area (Å²) in [6.45, 7) is 4.39. The van der Waals surface area contributed by atoms with Crippen LogP contribution in [0.1, 0.15) is 43.5 Å². The smallest absolute Gasteiger partial charge is 0.261 e. The molecular weight excluding hydrogens is 396 g/mol. The van der Waals surface area contributed by atoms with E-state index in [-0.39, 0.29) is 16.8 Å². The largest absolute Gasteiger partial charge is 0.349 e. The van der Waals surface area contributed by atoms with E-state index in [1.807, 2.05) is 0 Å². The lowest BCUT2D eigenvalue weighted by molar-refractivity contribution is 0.0891. The summed E-state index contributed by atoms with van der Waals surface area (Å²) in [6.07, 6.45) is 3.29. The molecule has 0 heterocycles. The number of hydrogen-bond donors (Lipinski definition) is 2. The summed E-state index contributed by atoms with van der Waals surface area (Å²) < 4.78 is 27.5. The molecule has 3 atom stereocenters. The minimum atomic E-state index is -3.74. The molecule has 1 aliphatic rings. The first-order chi connectivity index (χ1) is 13.3. The van der Waals surface area contributed by atoms with Gasteiger partial charge in [-0.15, -0.1) is 0 Å². The van der Waals surface area contributed by atoms with Gasteiger partial charge in [-0.25, -0.2) is 8.42 Å². The highest BCUT2D eigenvalue weighted by Gasteiger charge is 2.28. The summed E-state index contributed by atoms with van der Waals surface area (Å²) in [7, 11) is -3.74. The van der Waals surface area contributed by atoms with Gasteiger partial charge in [0.2, 0.25) is 0 Å². The first-order valence-electron chi connectivity index (χ1n) is 9.45. The second-order valence-corrected chi connectivity index (χ2v) is 9.60. The van der Waals surface area contributed by atoms with Crippen molar-refractivity contribution in [3.8, 4) is 0 Å². The average Bonchev–Trinajstić information content (AvgIpc) is 2.67. The third-order valence-corrected chi connectivity index (χ3v) is 7.20. The quantitative estimate of drug-likeness (QED) is 0.736. The molecular formula is C21H25ClN2O3S. The normalized spacial score (nSPS) is 22.5. The van der Waals surface area contributed by atoms with Crippen molar-refractivity contribution in [2.24, 2.45) is 11.8 Å². The summed E-state index contributed by atoms with van der Waals surface area (Å²) in [5.74, 6) is 0.854. The van der Waals surface area contributed by atoms with Crippen LogP contribution >= 0.6 is 11.6 Å².